The number of nitrogens with one attached hydrogen (secondary N) is 1. The number of rotatable bonds is 5. The molecule has 1 aliphatic carbocycles. The lowest BCUT2D eigenvalue weighted by Crippen LogP contribution is -2.42. The molecule has 2 nitrogen and oxygen atoms in total. The summed E-state index contributed by atoms with van der Waals surface area (Å²) in [6.07, 6.45) is 5.76. The molecule has 16 heavy (non-hydrogen) atoms. The van der Waals surface area contributed by atoms with Crippen LogP contribution in [0.4, 0.5) is 0 Å². The number of hydrogen-bond donors (Lipinski definition) is 1. The molecule has 0 spiro atoms. The first-order valence-electron chi connectivity index (χ1n) is 7.14. The van der Waals surface area contributed by atoms with Crippen LogP contribution in [0.5, 0.6) is 0 Å². The molecule has 94 valence electrons. The van der Waals surface area contributed by atoms with Crippen LogP contribution in [-0.4, -0.2) is 37.6 Å². The maximum absolute atomic E-state index is 3.50. The minimum absolute atomic E-state index is 0.684. The van der Waals surface area contributed by atoms with Gasteiger partial charge >= 0.3 is 0 Å². The highest BCUT2D eigenvalue weighted by molar-refractivity contribution is 4.90. The van der Waals surface area contributed by atoms with E-state index in [1.807, 2.05) is 0 Å². The Bertz CT molecular complexity index is 205. The highest BCUT2D eigenvalue weighted by Crippen LogP contribution is 2.37. The first-order valence-corrected chi connectivity index (χ1v) is 7.14. The van der Waals surface area contributed by atoms with Gasteiger partial charge in [-0.15, -0.1) is 0 Å². The molecule has 4 unspecified atom stereocenters. The van der Waals surface area contributed by atoms with Crippen molar-refractivity contribution in [2.45, 2.75) is 45.6 Å². The van der Waals surface area contributed by atoms with Crippen LogP contribution in [0.2, 0.25) is 0 Å². The summed E-state index contributed by atoms with van der Waals surface area (Å²) in [6.45, 7) is 8.68. The highest BCUT2D eigenvalue weighted by Gasteiger charge is 2.36. The second-order valence-corrected chi connectivity index (χ2v) is 5.95. The minimum Gasteiger partial charge on any atom is -0.315 e. The SMILES string of the molecule is CCC(C)C(CN1CC2CCCC2C1)NC. The Kier molecular flexibility index (Phi) is 4.26. The van der Waals surface area contributed by atoms with E-state index in [-0.39, 0.29) is 0 Å². The first-order chi connectivity index (χ1) is 7.74. The molecule has 2 aliphatic rings. The normalized spacial score (nSPS) is 33.9. The molecule has 1 saturated carbocycles. The monoisotopic (exact) mass is 224 g/mol. The van der Waals surface area contributed by atoms with E-state index < -0.39 is 0 Å². The number of likely N-dealkylation sites (N-methyl/N-ethyl adjacent to an activating group) is 1. The molecule has 1 saturated heterocycles. The van der Waals surface area contributed by atoms with E-state index in [1.54, 1.807) is 0 Å². The van der Waals surface area contributed by atoms with Crippen molar-refractivity contribution in [1.29, 1.82) is 0 Å². The van der Waals surface area contributed by atoms with Crippen molar-refractivity contribution in [3.63, 3.8) is 0 Å². The third-order valence-electron chi connectivity index (χ3n) is 4.96. The summed E-state index contributed by atoms with van der Waals surface area (Å²) in [7, 11) is 2.12. The molecule has 0 amide bonds. The maximum atomic E-state index is 3.50. The Morgan fingerprint density at radius 2 is 1.88 bits per heavy atom. The van der Waals surface area contributed by atoms with Gasteiger partial charge in [-0.05, 0) is 37.6 Å². The van der Waals surface area contributed by atoms with Crippen LogP contribution in [0.25, 0.3) is 0 Å². The van der Waals surface area contributed by atoms with Gasteiger partial charge in [-0.25, -0.2) is 0 Å². The molecule has 0 bridgehead atoms. The van der Waals surface area contributed by atoms with Crippen molar-refractivity contribution in [2.24, 2.45) is 17.8 Å². The van der Waals surface area contributed by atoms with Gasteiger partial charge in [-0.3, -0.25) is 0 Å². The third-order valence-corrected chi connectivity index (χ3v) is 4.96. The van der Waals surface area contributed by atoms with Crippen molar-refractivity contribution >= 4 is 0 Å². The molecule has 1 heterocycles. The Morgan fingerprint density at radius 1 is 1.25 bits per heavy atom. The number of fused-ring (bicyclic) bond motifs is 1. The quantitative estimate of drug-likeness (QED) is 0.771. The van der Waals surface area contributed by atoms with Crippen molar-refractivity contribution in [3.05, 3.63) is 0 Å². The molecular formula is C14H28N2. The Labute approximate surface area is 101 Å². The Balaban J connectivity index is 1.81. The van der Waals surface area contributed by atoms with Crippen LogP contribution < -0.4 is 5.32 Å². The molecule has 0 radical (unpaired) electrons. The summed E-state index contributed by atoms with van der Waals surface area (Å²) in [6, 6.07) is 0.684. The summed E-state index contributed by atoms with van der Waals surface area (Å²) >= 11 is 0. The standard InChI is InChI=1S/C14H28N2/c1-4-11(2)14(15-3)10-16-8-12-6-5-7-13(12)9-16/h11-15H,4-10H2,1-3H3. The minimum atomic E-state index is 0.684. The topological polar surface area (TPSA) is 15.3 Å². The highest BCUT2D eigenvalue weighted by atomic mass is 15.2. The molecule has 2 heteroatoms. The average Bonchev–Trinajstić information content (AvgIpc) is 2.84. The fourth-order valence-corrected chi connectivity index (χ4v) is 3.60. The largest absolute Gasteiger partial charge is 0.315 e. The Morgan fingerprint density at radius 3 is 2.38 bits per heavy atom. The third kappa shape index (κ3) is 2.60. The van der Waals surface area contributed by atoms with Gasteiger partial charge in [0.05, 0.1) is 0 Å². The summed E-state index contributed by atoms with van der Waals surface area (Å²) in [5, 5.41) is 3.50. The van der Waals surface area contributed by atoms with E-state index in [2.05, 4.69) is 31.1 Å². The molecule has 0 aromatic carbocycles. The zero-order valence-corrected chi connectivity index (χ0v) is 11.2. The van der Waals surface area contributed by atoms with Crippen molar-refractivity contribution < 1.29 is 0 Å². The molecule has 0 aromatic heterocycles. The number of hydrogen-bond acceptors (Lipinski definition) is 2. The molecule has 1 aliphatic heterocycles. The zero-order valence-electron chi connectivity index (χ0n) is 11.2. The molecule has 2 fully saturated rings. The second kappa shape index (κ2) is 5.50. The van der Waals surface area contributed by atoms with Crippen LogP contribution in [0, 0.1) is 17.8 Å². The predicted octanol–water partition coefficient (Wildman–Crippen LogP) is 2.35. The van der Waals surface area contributed by atoms with Gasteiger partial charge < -0.3 is 10.2 Å². The van der Waals surface area contributed by atoms with Crippen LogP contribution >= 0.6 is 0 Å². The van der Waals surface area contributed by atoms with Gasteiger partial charge in [0.1, 0.15) is 0 Å². The van der Waals surface area contributed by atoms with Crippen molar-refractivity contribution in [1.82, 2.24) is 10.2 Å². The lowest BCUT2D eigenvalue weighted by molar-refractivity contribution is 0.239. The molecule has 0 aromatic rings. The van der Waals surface area contributed by atoms with Gasteiger partial charge in [0.2, 0.25) is 0 Å². The summed E-state index contributed by atoms with van der Waals surface area (Å²) in [5.74, 6) is 2.87. The molecule has 4 atom stereocenters. The van der Waals surface area contributed by atoms with Crippen LogP contribution in [0.3, 0.4) is 0 Å². The predicted molar refractivity (Wildman–Crippen MR) is 69.6 cm³/mol. The van der Waals surface area contributed by atoms with Crippen LogP contribution in [0.15, 0.2) is 0 Å². The second-order valence-electron chi connectivity index (χ2n) is 5.95. The van der Waals surface area contributed by atoms with Gasteiger partial charge in [0.15, 0.2) is 0 Å². The average molecular weight is 224 g/mol. The van der Waals surface area contributed by atoms with Gasteiger partial charge in [-0.1, -0.05) is 26.7 Å². The van der Waals surface area contributed by atoms with Crippen molar-refractivity contribution in [2.75, 3.05) is 26.7 Å². The van der Waals surface area contributed by atoms with E-state index >= 15 is 0 Å². The lowest BCUT2D eigenvalue weighted by Gasteiger charge is -2.28. The van der Waals surface area contributed by atoms with E-state index in [9.17, 15) is 0 Å². The van der Waals surface area contributed by atoms with E-state index in [4.69, 9.17) is 0 Å². The van der Waals surface area contributed by atoms with Gasteiger partial charge in [-0.2, -0.15) is 0 Å². The van der Waals surface area contributed by atoms with E-state index in [1.165, 1.54) is 45.3 Å². The van der Waals surface area contributed by atoms with Crippen LogP contribution in [-0.2, 0) is 0 Å². The zero-order chi connectivity index (χ0) is 11.5. The summed E-state index contributed by atoms with van der Waals surface area (Å²) in [5.41, 5.74) is 0. The molecule has 2 rings (SSSR count). The maximum Gasteiger partial charge on any atom is 0.0217 e. The van der Waals surface area contributed by atoms with E-state index in [0.717, 1.165) is 17.8 Å². The van der Waals surface area contributed by atoms with Crippen molar-refractivity contribution in [3.8, 4) is 0 Å². The summed E-state index contributed by atoms with van der Waals surface area (Å²) < 4.78 is 0. The smallest absolute Gasteiger partial charge is 0.0217 e. The fourth-order valence-electron chi connectivity index (χ4n) is 3.60. The van der Waals surface area contributed by atoms with E-state index in [0.29, 0.717) is 6.04 Å². The first kappa shape index (κ1) is 12.4. The number of nitrogens with zero attached hydrogens (tertiary/aromatic N) is 1. The van der Waals surface area contributed by atoms with Gasteiger partial charge in [0, 0.05) is 25.7 Å². The summed E-state index contributed by atoms with van der Waals surface area (Å²) in [4.78, 5) is 2.71. The Hall–Kier alpha value is -0.0800. The molecular weight excluding hydrogens is 196 g/mol. The number of likely N-dealkylation sites (tertiary alicyclic amines) is 1. The van der Waals surface area contributed by atoms with Gasteiger partial charge in [0.25, 0.3) is 0 Å². The van der Waals surface area contributed by atoms with Crippen LogP contribution in [0.1, 0.15) is 39.5 Å². The lowest BCUT2D eigenvalue weighted by atomic mass is 9.99. The molecule has 1 N–H and O–H groups in total. The fraction of sp³-hybridized carbons (Fsp3) is 1.00.